The lowest BCUT2D eigenvalue weighted by atomic mass is 10.1. The molecule has 1 saturated heterocycles. The number of carbonyl (C=O) groups is 2. The van der Waals surface area contributed by atoms with Crippen LogP contribution in [0.15, 0.2) is 22.8 Å². The van der Waals surface area contributed by atoms with Crippen LogP contribution in [-0.4, -0.2) is 23.3 Å². The predicted molar refractivity (Wildman–Crippen MR) is 54.6 cm³/mol. The molecule has 1 fully saturated rings. The molecule has 1 aliphatic rings. The lowest BCUT2D eigenvalue weighted by Crippen LogP contribution is -2.37. The number of likely N-dealkylation sites (tertiary alicyclic amines) is 1. The summed E-state index contributed by atoms with van der Waals surface area (Å²) in [5.41, 5.74) is 2.07. The van der Waals surface area contributed by atoms with Crippen molar-refractivity contribution in [3.8, 4) is 0 Å². The molecular formula is C10H13N3O3. The molecule has 0 aliphatic carbocycles. The van der Waals surface area contributed by atoms with Gasteiger partial charge in [0.25, 0.3) is 0 Å². The van der Waals surface area contributed by atoms with Gasteiger partial charge in [0.1, 0.15) is 5.76 Å². The fraction of sp³-hybridized carbons (Fsp3) is 0.400. The SMILES string of the molecule is NNC(=O)C1CC(=O)N(Cc2ccco2)C1. The molecule has 0 spiro atoms. The maximum Gasteiger partial charge on any atom is 0.239 e. The van der Waals surface area contributed by atoms with E-state index in [-0.39, 0.29) is 24.2 Å². The van der Waals surface area contributed by atoms with Crippen LogP contribution >= 0.6 is 0 Å². The highest BCUT2D eigenvalue weighted by molar-refractivity contribution is 5.88. The number of hydrogen-bond donors (Lipinski definition) is 2. The summed E-state index contributed by atoms with van der Waals surface area (Å²) < 4.78 is 5.15. The number of hydrazine groups is 1. The molecule has 1 unspecified atom stereocenters. The molecule has 16 heavy (non-hydrogen) atoms. The molecule has 2 rings (SSSR count). The van der Waals surface area contributed by atoms with Gasteiger partial charge in [-0.05, 0) is 12.1 Å². The molecule has 2 amide bonds. The van der Waals surface area contributed by atoms with Gasteiger partial charge in [0.15, 0.2) is 0 Å². The molecule has 1 aromatic rings. The zero-order valence-corrected chi connectivity index (χ0v) is 8.68. The average Bonchev–Trinajstić information content (AvgIpc) is 2.89. The normalized spacial score (nSPS) is 20.2. The van der Waals surface area contributed by atoms with Crippen molar-refractivity contribution >= 4 is 11.8 Å². The summed E-state index contributed by atoms with van der Waals surface area (Å²) in [4.78, 5) is 24.5. The van der Waals surface area contributed by atoms with Crippen LogP contribution in [0.25, 0.3) is 0 Å². The minimum atomic E-state index is -0.354. The molecule has 0 bridgehead atoms. The number of furan rings is 1. The maximum absolute atomic E-state index is 11.6. The Morgan fingerprint density at radius 2 is 2.50 bits per heavy atom. The summed E-state index contributed by atoms with van der Waals surface area (Å²) in [7, 11) is 0. The second kappa shape index (κ2) is 4.36. The molecule has 6 nitrogen and oxygen atoms in total. The van der Waals surface area contributed by atoms with Gasteiger partial charge in [-0.15, -0.1) is 0 Å². The summed E-state index contributed by atoms with van der Waals surface area (Å²) in [5, 5.41) is 0. The van der Waals surface area contributed by atoms with Crippen LogP contribution in [0.2, 0.25) is 0 Å². The van der Waals surface area contributed by atoms with Gasteiger partial charge in [-0.3, -0.25) is 15.0 Å². The monoisotopic (exact) mass is 223 g/mol. The van der Waals surface area contributed by atoms with Crippen molar-refractivity contribution in [1.82, 2.24) is 10.3 Å². The van der Waals surface area contributed by atoms with E-state index in [1.165, 1.54) is 0 Å². The summed E-state index contributed by atoms with van der Waals surface area (Å²) >= 11 is 0. The number of nitrogens with two attached hydrogens (primary N) is 1. The number of rotatable bonds is 3. The smallest absolute Gasteiger partial charge is 0.239 e. The fourth-order valence-electron chi connectivity index (χ4n) is 1.81. The van der Waals surface area contributed by atoms with Crippen molar-refractivity contribution in [1.29, 1.82) is 0 Å². The molecule has 1 aromatic heterocycles. The third-order valence-electron chi connectivity index (χ3n) is 2.65. The van der Waals surface area contributed by atoms with Crippen LogP contribution < -0.4 is 11.3 Å². The minimum Gasteiger partial charge on any atom is -0.467 e. The number of amides is 2. The first-order valence-corrected chi connectivity index (χ1v) is 5.01. The second-order valence-electron chi connectivity index (χ2n) is 3.76. The van der Waals surface area contributed by atoms with Crippen molar-refractivity contribution in [2.24, 2.45) is 11.8 Å². The Bertz CT molecular complexity index is 388. The Balaban J connectivity index is 1.97. The lowest BCUT2D eigenvalue weighted by molar-refractivity contribution is -0.129. The van der Waals surface area contributed by atoms with Gasteiger partial charge in [-0.25, -0.2) is 5.84 Å². The van der Waals surface area contributed by atoms with Gasteiger partial charge in [0.05, 0.1) is 18.7 Å². The Labute approximate surface area is 92.4 Å². The van der Waals surface area contributed by atoms with Crippen LogP contribution in [0.4, 0.5) is 0 Å². The molecule has 86 valence electrons. The van der Waals surface area contributed by atoms with Crippen LogP contribution in [0.1, 0.15) is 12.2 Å². The Morgan fingerprint density at radius 1 is 1.69 bits per heavy atom. The molecule has 0 aromatic carbocycles. The van der Waals surface area contributed by atoms with Crippen LogP contribution in [0, 0.1) is 5.92 Å². The van der Waals surface area contributed by atoms with Crippen molar-refractivity contribution in [2.45, 2.75) is 13.0 Å². The largest absolute Gasteiger partial charge is 0.467 e. The van der Waals surface area contributed by atoms with Gasteiger partial charge >= 0.3 is 0 Å². The first-order chi connectivity index (χ1) is 7.70. The van der Waals surface area contributed by atoms with Crippen LogP contribution in [-0.2, 0) is 16.1 Å². The Hall–Kier alpha value is -1.82. The lowest BCUT2D eigenvalue weighted by Gasteiger charge is -2.14. The number of carbonyl (C=O) groups excluding carboxylic acids is 2. The summed E-state index contributed by atoms with van der Waals surface area (Å²) in [5.74, 6) is 5.04. The van der Waals surface area contributed by atoms with Crippen molar-refractivity contribution in [2.75, 3.05) is 6.54 Å². The van der Waals surface area contributed by atoms with E-state index in [0.29, 0.717) is 18.8 Å². The Kier molecular flexibility index (Phi) is 2.91. The van der Waals surface area contributed by atoms with Crippen molar-refractivity contribution in [3.05, 3.63) is 24.2 Å². The molecular weight excluding hydrogens is 210 g/mol. The van der Waals surface area contributed by atoms with Gasteiger partial charge < -0.3 is 9.32 Å². The highest BCUT2D eigenvalue weighted by Gasteiger charge is 2.34. The average molecular weight is 223 g/mol. The fourth-order valence-corrected chi connectivity index (χ4v) is 1.81. The maximum atomic E-state index is 11.6. The van der Waals surface area contributed by atoms with Crippen molar-refractivity contribution in [3.63, 3.8) is 0 Å². The molecule has 2 heterocycles. The van der Waals surface area contributed by atoms with E-state index < -0.39 is 0 Å². The van der Waals surface area contributed by atoms with E-state index in [2.05, 4.69) is 5.43 Å². The highest BCUT2D eigenvalue weighted by Crippen LogP contribution is 2.20. The molecule has 0 radical (unpaired) electrons. The van der Waals surface area contributed by atoms with E-state index in [1.54, 1.807) is 23.3 Å². The third kappa shape index (κ3) is 2.06. The number of nitrogens with one attached hydrogen (secondary N) is 1. The minimum absolute atomic E-state index is 0.0509. The first kappa shape index (κ1) is 10.7. The van der Waals surface area contributed by atoms with Crippen LogP contribution in [0.3, 0.4) is 0 Å². The van der Waals surface area contributed by atoms with E-state index in [0.717, 1.165) is 0 Å². The van der Waals surface area contributed by atoms with Gasteiger partial charge in [0, 0.05) is 13.0 Å². The van der Waals surface area contributed by atoms with Crippen LogP contribution in [0.5, 0.6) is 0 Å². The molecule has 1 aliphatic heterocycles. The first-order valence-electron chi connectivity index (χ1n) is 5.01. The Morgan fingerprint density at radius 3 is 3.12 bits per heavy atom. The highest BCUT2D eigenvalue weighted by atomic mass is 16.3. The molecule has 1 atom stereocenters. The predicted octanol–water partition coefficient (Wildman–Crippen LogP) is -0.382. The number of hydrogen-bond acceptors (Lipinski definition) is 4. The molecule has 0 saturated carbocycles. The zero-order chi connectivity index (χ0) is 11.5. The van der Waals surface area contributed by atoms with Gasteiger partial charge in [-0.1, -0.05) is 0 Å². The van der Waals surface area contributed by atoms with Gasteiger partial charge in [-0.2, -0.15) is 0 Å². The zero-order valence-electron chi connectivity index (χ0n) is 8.68. The molecule has 6 heteroatoms. The summed E-state index contributed by atoms with van der Waals surface area (Å²) in [6.45, 7) is 0.794. The van der Waals surface area contributed by atoms with E-state index in [1.807, 2.05) is 0 Å². The molecule has 3 N–H and O–H groups in total. The van der Waals surface area contributed by atoms with E-state index in [9.17, 15) is 9.59 Å². The summed E-state index contributed by atoms with van der Waals surface area (Å²) in [6, 6.07) is 3.56. The quantitative estimate of drug-likeness (QED) is 0.415. The summed E-state index contributed by atoms with van der Waals surface area (Å²) in [6.07, 6.45) is 1.77. The standard InChI is InChI=1S/C10H13N3O3/c11-12-10(15)7-4-9(14)13(5-7)6-8-2-1-3-16-8/h1-3,7H,4-6,11H2,(H,12,15). The second-order valence-corrected chi connectivity index (χ2v) is 3.76. The van der Waals surface area contributed by atoms with E-state index >= 15 is 0 Å². The van der Waals surface area contributed by atoms with E-state index in [4.69, 9.17) is 10.3 Å². The topological polar surface area (TPSA) is 88.6 Å². The number of nitrogens with zero attached hydrogens (tertiary/aromatic N) is 1. The van der Waals surface area contributed by atoms with Crippen molar-refractivity contribution < 1.29 is 14.0 Å². The third-order valence-corrected chi connectivity index (χ3v) is 2.65. The van der Waals surface area contributed by atoms with Gasteiger partial charge in [0.2, 0.25) is 11.8 Å².